The van der Waals surface area contributed by atoms with Crippen LogP contribution in [0.5, 0.6) is 0 Å². The van der Waals surface area contributed by atoms with Gasteiger partial charge in [0.15, 0.2) is 15.8 Å². The van der Waals surface area contributed by atoms with Crippen LogP contribution in [-0.4, -0.2) is 40.5 Å². The van der Waals surface area contributed by atoms with Crippen LogP contribution in [0.4, 0.5) is 0 Å². The zero-order valence-corrected chi connectivity index (χ0v) is 17.0. The van der Waals surface area contributed by atoms with E-state index in [-0.39, 0.29) is 0 Å². The molecule has 0 aliphatic carbocycles. The molecule has 0 saturated carbocycles. The van der Waals surface area contributed by atoms with Crippen LogP contribution in [0.2, 0.25) is 0 Å². The maximum absolute atomic E-state index is 11.5. The molecule has 0 fully saturated rings. The van der Waals surface area contributed by atoms with Gasteiger partial charge in [-0.25, -0.2) is 8.42 Å². The molecule has 0 spiro atoms. The molecule has 26 heavy (non-hydrogen) atoms. The molecular formula is C19H25N3O2S2. The molecule has 0 aliphatic rings. The van der Waals surface area contributed by atoms with Crippen LogP contribution in [0.15, 0.2) is 63.3 Å². The van der Waals surface area contributed by atoms with E-state index in [1.165, 1.54) is 16.7 Å². The van der Waals surface area contributed by atoms with Gasteiger partial charge in [0.05, 0.1) is 4.90 Å². The van der Waals surface area contributed by atoms with Crippen LogP contribution < -0.4 is 10.6 Å². The van der Waals surface area contributed by atoms with E-state index in [2.05, 4.69) is 46.1 Å². The van der Waals surface area contributed by atoms with Crippen LogP contribution in [0.1, 0.15) is 11.1 Å². The largest absolute Gasteiger partial charge is 0.356 e. The number of aliphatic imine (C=N–C) groups is 1. The Labute approximate surface area is 160 Å². The van der Waals surface area contributed by atoms with Gasteiger partial charge in [-0.2, -0.15) is 0 Å². The van der Waals surface area contributed by atoms with E-state index in [0.717, 1.165) is 17.9 Å². The van der Waals surface area contributed by atoms with Crippen LogP contribution in [0.3, 0.4) is 0 Å². The summed E-state index contributed by atoms with van der Waals surface area (Å²) in [6.45, 7) is 1.42. The SMILES string of the molecule is CN=C(NCCc1ccc(S(C)(=O)=O)cc1)NCc1ccc(SC)cc1. The Balaban J connectivity index is 1.79. The van der Waals surface area contributed by atoms with E-state index in [9.17, 15) is 8.42 Å². The topological polar surface area (TPSA) is 70.6 Å². The molecule has 0 aromatic heterocycles. The first kappa shape index (κ1) is 20.3. The Hall–Kier alpha value is -1.99. The first-order valence-electron chi connectivity index (χ1n) is 8.29. The molecule has 2 aromatic rings. The fraction of sp³-hybridized carbons (Fsp3) is 0.316. The number of guanidine groups is 1. The van der Waals surface area contributed by atoms with Gasteiger partial charge in [0.25, 0.3) is 0 Å². The molecule has 5 nitrogen and oxygen atoms in total. The summed E-state index contributed by atoms with van der Waals surface area (Å²) in [5.41, 5.74) is 2.27. The monoisotopic (exact) mass is 391 g/mol. The molecule has 2 rings (SSSR count). The Morgan fingerprint density at radius 2 is 1.62 bits per heavy atom. The van der Waals surface area contributed by atoms with Gasteiger partial charge in [0.1, 0.15) is 0 Å². The van der Waals surface area contributed by atoms with Crippen molar-refractivity contribution in [1.82, 2.24) is 10.6 Å². The molecule has 2 aromatic carbocycles. The number of rotatable bonds is 7. The molecule has 0 saturated heterocycles. The maximum Gasteiger partial charge on any atom is 0.191 e. The van der Waals surface area contributed by atoms with Crippen LogP contribution in [-0.2, 0) is 22.8 Å². The zero-order valence-electron chi connectivity index (χ0n) is 15.3. The first-order chi connectivity index (χ1) is 12.4. The minimum Gasteiger partial charge on any atom is -0.356 e. The lowest BCUT2D eigenvalue weighted by Crippen LogP contribution is -2.37. The van der Waals surface area contributed by atoms with Crippen LogP contribution in [0.25, 0.3) is 0 Å². The van der Waals surface area contributed by atoms with Gasteiger partial charge < -0.3 is 10.6 Å². The fourth-order valence-electron chi connectivity index (χ4n) is 2.38. The minimum absolute atomic E-state index is 0.346. The van der Waals surface area contributed by atoms with E-state index < -0.39 is 9.84 Å². The van der Waals surface area contributed by atoms with Gasteiger partial charge in [-0.1, -0.05) is 24.3 Å². The third-order valence-corrected chi connectivity index (χ3v) is 5.77. The van der Waals surface area contributed by atoms with E-state index >= 15 is 0 Å². The molecule has 0 aliphatic heterocycles. The van der Waals surface area contributed by atoms with Crippen molar-refractivity contribution in [3.05, 3.63) is 59.7 Å². The highest BCUT2D eigenvalue weighted by Gasteiger charge is 2.06. The van der Waals surface area contributed by atoms with Crippen molar-refractivity contribution >= 4 is 27.6 Å². The van der Waals surface area contributed by atoms with Gasteiger partial charge in [-0.3, -0.25) is 4.99 Å². The summed E-state index contributed by atoms with van der Waals surface area (Å²) >= 11 is 1.73. The van der Waals surface area contributed by atoms with Crippen molar-refractivity contribution in [2.75, 3.05) is 26.1 Å². The lowest BCUT2D eigenvalue weighted by atomic mass is 10.1. The van der Waals surface area contributed by atoms with Gasteiger partial charge >= 0.3 is 0 Å². The lowest BCUT2D eigenvalue weighted by Gasteiger charge is -2.12. The standard InChI is InChI=1S/C19H25N3O2S2/c1-20-19(22-14-16-4-8-17(25-2)9-5-16)21-13-12-15-6-10-18(11-7-15)26(3,23)24/h4-11H,12-14H2,1-3H3,(H2,20,21,22). The van der Waals surface area contributed by atoms with Crippen molar-refractivity contribution in [1.29, 1.82) is 0 Å². The molecule has 0 atom stereocenters. The predicted molar refractivity (Wildman–Crippen MR) is 110 cm³/mol. The van der Waals surface area contributed by atoms with Crippen molar-refractivity contribution in [3.8, 4) is 0 Å². The number of nitrogens with zero attached hydrogens (tertiary/aromatic N) is 1. The predicted octanol–water partition coefficient (Wildman–Crippen LogP) is 2.72. The normalized spacial score (nSPS) is 12.0. The third kappa shape index (κ3) is 6.38. The van der Waals surface area contributed by atoms with E-state index in [0.29, 0.717) is 18.0 Å². The third-order valence-electron chi connectivity index (χ3n) is 3.90. The molecule has 0 radical (unpaired) electrons. The van der Waals surface area contributed by atoms with Gasteiger partial charge in [0, 0.05) is 31.3 Å². The number of benzene rings is 2. The quantitative estimate of drug-likeness (QED) is 0.431. The van der Waals surface area contributed by atoms with Crippen LogP contribution in [0, 0.1) is 0 Å². The fourth-order valence-corrected chi connectivity index (χ4v) is 3.42. The first-order valence-corrected chi connectivity index (χ1v) is 11.4. The minimum atomic E-state index is -3.14. The van der Waals surface area contributed by atoms with Crippen molar-refractivity contribution < 1.29 is 8.42 Å². The molecule has 0 amide bonds. The molecule has 7 heteroatoms. The highest BCUT2D eigenvalue weighted by molar-refractivity contribution is 7.98. The summed E-state index contributed by atoms with van der Waals surface area (Å²) < 4.78 is 22.9. The Morgan fingerprint density at radius 3 is 2.15 bits per heavy atom. The molecule has 0 heterocycles. The molecular weight excluding hydrogens is 366 g/mol. The second-order valence-corrected chi connectivity index (χ2v) is 8.76. The Bertz CT molecular complexity index is 830. The van der Waals surface area contributed by atoms with Crippen molar-refractivity contribution in [2.45, 2.75) is 22.8 Å². The van der Waals surface area contributed by atoms with Crippen molar-refractivity contribution in [2.24, 2.45) is 4.99 Å². The summed E-state index contributed by atoms with van der Waals surface area (Å²) in [5.74, 6) is 0.742. The lowest BCUT2D eigenvalue weighted by molar-refractivity contribution is 0.602. The molecule has 0 unspecified atom stereocenters. The van der Waals surface area contributed by atoms with Crippen LogP contribution >= 0.6 is 11.8 Å². The van der Waals surface area contributed by atoms with E-state index in [1.807, 2.05) is 12.1 Å². The van der Waals surface area contributed by atoms with Crippen molar-refractivity contribution in [3.63, 3.8) is 0 Å². The summed E-state index contributed by atoms with van der Waals surface area (Å²) in [6.07, 6.45) is 4.06. The van der Waals surface area contributed by atoms with Gasteiger partial charge in [-0.05, 0) is 48.1 Å². The summed E-state index contributed by atoms with van der Waals surface area (Å²) in [6, 6.07) is 15.4. The Morgan fingerprint density at radius 1 is 1.00 bits per heavy atom. The molecule has 2 N–H and O–H groups in total. The number of thioether (sulfide) groups is 1. The average molecular weight is 392 g/mol. The number of hydrogen-bond acceptors (Lipinski definition) is 4. The second kappa shape index (κ2) is 9.64. The number of sulfone groups is 1. The average Bonchev–Trinajstić information content (AvgIpc) is 2.64. The molecule has 0 bridgehead atoms. The Kier molecular flexibility index (Phi) is 7.53. The number of nitrogens with one attached hydrogen (secondary N) is 2. The van der Waals surface area contributed by atoms with E-state index in [1.54, 1.807) is 30.9 Å². The summed E-state index contributed by atoms with van der Waals surface area (Å²) in [5, 5.41) is 6.56. The van der Waals surface area contributed by atoms with Gasteiger partial charge in [0.2, 0.25) is 0 Å². The zero-order chi connectivity index (χ0) is 19.0. The summed E-state index contributed by atoms with van der Waals surface area (Å²) in [7, 11) is -1.40. The maximum atomic E-state index is 11.5. The highest BCUT2D eigenvalue weighted by Crippen LogP contribution is 2.14. The van der Waals surface area contributed by atoms with Gasteiger partial charge in [-0.15, -0.1) is 11.8 Å². The molecule has 140 valence electrons. The van der Waals surface area contributed by atoms with E-state index in [4.69, 9.17) is 0 Å². The smallest absolute Gasteiger partial charge is 0.191 e. The number of hydrogen-bond donors (Lipinski definition) is 2. The summed E-state index contributed by atoms with van der Waals surface area (Å²) in [4.78, 5) is 5.82. The second-order valence-electron chi connectivity index (χ2n) is 5.87. The highest BCUT2D eigenvalue weighted by atomic mass is 32.2.